The Balaban J connectivity index is 0.00000210. The number of hydrogen-bond acceptors (Lipinski definition) is 6. The Morgan fingerprint density at radius 3 is 2.31 bits per heavy atom. The highest BCUT2D eigenvalue weighted by Crippen LogP contribution is 2.16. The van der Waals surface area contributed by atoms with Crippen LogP contribution < -0.4 is 11.1 Å². The molecule has 2 aromatic rings. The smallest absolute Gasteiger partial charge is 0.244 e. The van der Waals surface area contributed by atoms with E-state index in [4.69, 9.17) is 10.3 Å². The number of nitrogens with zero attached hydrogens (tertiary/aromatic N) is 3. The van der Waals surface area contributed by atoms with Gasteiger partial charge in [0.2, 0.25) is 11.8 Å². The summed E-state index contributed by atoms with van der Waals surface area (Å²) < 4.78 is 4.93. The number of aryl methyl sites for hydroxylation is 2. The first-order chi connectivity index (χ1) is 12.9. The largest absolute Gasteiger partial charge is 0.360 e. The number of anilines is 1. The molecular formula is C19H27Cl2N5O3. The van der Waals surface area contributed by atoms with Gasteiger partial charge in [-0.25, -0.2) is 0 Å². The minimum absolute atomic E-state index is 0. The van der Waals surface area contributed by atoms with Crippen molar-refractivity contribution in [2.75, 3.05) is 38.0 Å². The normalized spacial score (nSPS) is 15.1. The molecule has 0 spiro atoms. The second-order valence-corrected chi connectivity index (χ2v) is 6.86. The first kappa shape index (κ1) is 24.9. The Morgan fingerprint density at radius 2 is 1.76 bits per heavy atom. The van der Waals surface area contributed by atoms with Crippen LogP contribution in [0.3, 0.4) is 0 Å². The molecule has 3 rings (SSSR count). The number of piperazine rings is 1. The van der Waals surface area contributed by atoms with Gasteiger partial charge in [-0.15, -0.1) is 24.8 Å². The summed E-state index contributed by atoms with van der Waals surface area (Å²) >= 11 is 0. The number of halogens is 2. The fourth-order valence-corrected chi connectivity index (χ4v) is 3.05. The molecular weight excluding hydrogens is 417 g/mol. The molecule has 1 fully saturated rings. The van der Waals surface area contributed by atoms with Gasteiger partial charge in [-0.2, -0.15) is 0 Å². The van der Waals surface area contributed by atoms with Crippen LogP contribution in [-0.2, 0) is 9.59 Å². The quantitative estimate of drug-likeness (QED) is 0.730. The Kier molecular flexibility index (Phi) is 9.58. The highest BCUT2D eigenvalue weighted by molar-refractivity contribution is 5.91. The van der Waals surface area contributed by atoms with E-state index in [9.17, 15) is 9.59 Å². The van der Waals surface area contributed by atoms with Crippen LogP contribution in [0.2, 0.25) is 0 Å². The molecule has 1 saturated heterocycles. The highest BCUT2D eigenvalue weighted by Gasteiger charge is 2.27. The third-order valence-corrected chi connectivity index (χ3v) is 4.65. The SMILES string of the molecule is Cc1ccc(C(N)C(=O)N2CCN(CC(=O)Nc3cc(C)on3)CC2)cc1.Cl.Cl. The molecule has 1 aliphatic heterocycles. The van der Waals surface area contributed by atoms with Crippen molar-refractivity contribution in [1.29, 1.82) is 0 Å². The van der Waals surface area contributed by atoms with Gasteiger partial charge in [0.05, 0.1) is 6.54 Å². The molecule has 0 bridgehead atoms. The lowest BCUT2D eigenvalue weighted by atomic mass is 10.0. The van der Waals surface area contributed by atoms with Crippen molar-refractivity contribution >= 4 is 42.4 Å². The van der Waals surface area contributed by atoms with Crippen LogP contribution in [0.5, 0.6) is 0 Å². The lowest BCUT2D eigenvalue weighted by molar-refractivity contribution is -0.134. The zero-order valence-electron chi connectivity index (χ0n) is 16.5. The molecule has 1 aromatic heterocycles. The number of carbonyl (C=O) groups is 2. The third-order valence-electron chi connectivity index (χ3n) is 4.65. The average Bonchev–Trinajstić information content (AvgIpc) is 3.06. The fourth-order valence-electron chi connectivity index (χ4n) is 3.05. The molecule has 0 aliphatic carbocycles. The molecule has 160 valence electrons. The van der Waals surface area contributed by atoms with Crippen LogP contribution in [0.1, 0.15) is 22.9 Å². The molecule has 2 heterocycles. The minimum Gasteiger partial charge on any atom is -0.360 e. The van der Waals surface area contributed by atoms with E-state index in [1.165, 1.54) is 0 Å². The third kappa shape index (κ3) is 6.71. The topological polar surface area (TPSA) is 105 Å². The summed E-state index contributed by atoms with van der Waals surface area (Å²) in [5.41, 5.74) is 8.08. The minimum atomic E-state index is -0.657. The highest BCUT2D eigenvalue weighted by atomic mass is 35.5. The molecule has 0 radical (unpaired) electrons. The van der Waals surface area contributed by atoms with Gasteiger partial charge < -0.3 is 20.5 Å². The van der Waals surface area contributed by atoms with Crippen molar-refractivity contribution in [3.63, 3.8) is 0 Å². The second-order valence-electron chi connectivity index (χ2n) is 6.86. The Hall–Kier alpha value is -2.13. The van der Waals surface area contributed by atoms with E-state index in [0.717, 1.165) is 11.1 Å². The molecule has 3 N–H and O–H groups in total. The lowest BCUT2D eigenvalue weighted by Gasteiger charge is -2.35. The van der Waals surface area contributed by atoms with E-state index < -0.39 is 6.04 Å². The maximum atomic E-state index is 12.6. The Bertz CT molecular complexity index is 804. The number of nitrogens with two attached hydrogens (primary N) is 1. The van der Waals surface area contributed by atoms with E-state index >= 15 is 0 Å². The van der Waals surface area contributed by atoms with E-state index in [1.807, 2.05) is 36.1 Å². The molecule has 1 aromatic carbocycles. The van der Waals surface area contributed by atoms with Gasteiger partial charge in [0.25, 0.3) is 0 Å². The van der Waals surface area contributed by atoms with Crippen LogP contribution in [0.15, 0.2) is 34.9 Å². The summed E-state index contributed by atoms with van der Waals surface area (Å²) in [4.78, 5) is 28.5. The molecule has 2 amide bonds. The van der Waals surface area contributed by atoms with Gasteiger partial charge in [0.1, 0.15) is 11.8 Å². The fraction of sp³-hybridized carbons (Fsp3) is 0.421. The number of rotatable bonds is 5. The second kappa shape index (κ2) is 11.2. The Morgan fingerprint density at radius 1 is 1.14 bits per heavy atom. The number of aromatic nitrogens is 1. The Labute approximate surface area is 182 Å². The standard InChI is InChI=1S/C19H25N5O3.2ClH/c1-13-3-5-15(6-4-13)18(20)19(26)24-9-7-23(8-10-24)12-17(25)21-16-11-14(2)27-22-16;;/h3-6,11,18H,7-10,12,20H2,1-2H3,(H,21,22,25);2*1H. The summed E-state index contributed by atoms with van der Waals surface area (Å²) in [6.45, 7) is 6.35. The van der Waals surface area contributed by atoms with Crippen molar-refractivity contribution in [1.82, 2.24) is 15.0 Å². The number of hydrogen-bond donors (Lipinski definition) is 2. The summed E-state index contributed by atoms with van der Waals surface area (Å²) in [6.07, 6.45) is 0. The predicted octanol–water partition coefficient (Wildman–Crippen LogP) is 1.92. The zero-order chi connectivity index (χ0) is 19.4. The number of carbonyl (C=O) groups excluding carboxylic acids is 2. The first-order valence-electron chi connectivity index (χ1n) is 8.99. The summed E-state index contributed by atoms with van der Waals surface area (Å²) in [5.74, 6) is 0.818. The van der Waals surface area contributed by atoms with Crippen molar-refractivity contribution in [2.24, 2.45) is 5.73 Å². The molecule has 0 saturated carbocycles. The zero-order valence-corrected chi connectivity index (χ0v) is 18.1. The van der Waals surface area contributed by atoms with Crippen LogP contribution in [-0.4, -0.2) is 59.5 Å². The predicted molar refractivity (Wildman–Crippen MR) is 115 cm³/mol. The maximum absolute atomic E-state index is 12.6. The summed E-state index contributed by atoms with van der Waals surface area (Å²) in [6, 6.07) is 8.70. The van der Waals surface area contributed by atoms with Crippen molar-refractivity contribution in [2.45, 2.75) is 19.9 Å². The van der Waals surface area contributed by atoms with Gasteiger partial charge >= 0.3 is 0 Å². The first-order valence-corrected chi connectivity index (χ1v) is 8.99. The number of amides is 2. The molecule has 8 nitrogen and oxygen atoms in total. The van der Waals surface area contributed by atoms with Crippen molar-refractivity contribution < 1.29 is 14.1 Å². The monoisotopic (exact) mass is 443 g/mol. The van der Waals surface area contributed by atoms with Crippen molar-refractivity contribution in [3.05, 3.63) is 47.2 Å². The molecule has 1 unspecified atom stereocenters. The van der Waals surface area contributed by atoms with E-state index in [1.54, 1.807) is 17.9 Å². The molecule has 1 atom stereocenters. The lowest BCUT2D eigenvalue weighted by Crippen LogP contribution is -2.52. The molecule has 29 heavy (non-hydrogen) atoms. The van der Waals surface area contributed by atoms with Gasteiger partial charge in [-0.1, -0.05) is 35.0 Å². The van der Waals surface area contributed by atoms with E-state index in [0.29, 0.717) is 37.8 Å². The number of benzene rings is 1. The molecule has 10 heteroatoms. The van der Waals surface area contributed by atoms with Gasteiger partial charge in [0.15, 0.2) is 5.82 Å². The van der Waals surface area contributed by atoms with Gasteiger partial charge in [-0.3, -0.25) is 14.5 Å². The summed E-state index contributed by atoms with van der Waals surface area (Å²) in [7, 11) is 0. The summed E-state index contributed by atoms with van der Waals surface area (Å²) in [5, 5.41) is 6.45. The van der Waals surface area contributed by atoms with Crippen LogP contribution in [0.4, 0.5) is 5.82 Å². The van der Waals surface area contributed by atoms with Gasteiger partial charge in [-0.05, 0) is 19.4 Å². The number of nitrogens with one attached hydrogen (secondary N) is 1. The van der Waals surface area contributed by atoms with Crippen LogP contribution >= 0.6 is 24.8 Å². The van der Waals surface area contributed by atoms with Crippen LogP contribution in [0, 0.1) is 13.8 Å². The van der Waals surface area contributed by atoms with E-state index in [2.05, 4.69) is 10.5 Å². The van der Waals surface area contributed by atoms with Crippen LogP contribution in [0.25, 0.3) is 0 Å². The van der Waals surface area contributed by atoms with Crippen molar-refractivity contribution in [3.8, 4) is 0 Å². The van der Waals surface area contributed by atoms with Gasteiger partial charge in [0, 0.05) is 32.2 Å². The molecule has 1 aliphatic rings. The van der Waals surface area contributed by atoms with E-state index in [-0.39, 0.29) is 43.2 Å². The maximum Gasteiger partial charge on any atom is 0.244 e. The average molecular weight is 444 g/mol.